The molecule has 12 heavy (non-hydrogen) atoms. The molecule has 0 spiro atoms. The Labute approximate surface area is 73.6 Å². The van der Waals surface area contributed by atoms with Gasteiger partial charge in [-0.1, -0.05) is 11.5 Å². The molecule has 0 unspecified atom stereocenters. The average Bonchev–Trinajstić information content (AvgIpc) is 2.12. The van der Waals surface area contributed by atoms with Crippen molar-refractivity contribution < 1.29 is 0 Å². The third-order valence-electron chi connectivity index (χ3n) is 2.60. The van der Waals surface area contributed by atoms with Gasteiger partial charge < -0.3 is 11.1 Å². The van der Waals surface area contributed by atoms with Gasteiger partial charge in [-0.25, -0.2) is 0 Å². The molecular weight excluding hydrogens is 147 g/mol. The molecule has 2 rings (SSSR count). The second kappa shape index (κ2) is 2.83. The van der Waals surface area contributed by atoms with Crippen LogP contribution in [0, 0.1) is 0 Å². The van der Waals surface area contributed by atoms with Gasteiger partial charge >= 0.3 is 0 Å². The van der Waals surface area contributed by atoms with Gasteiger partial charge in [0.1, 0.15) is 7.85 Å². The second-order valence-electron chi connectivity index (χ2n) is 3.34. The number of fused-ring (bicyclic) bond motifs is 1. The van der Waals surface area contributed by atoms with Gasteiger partial charge in [0.15, 0.2) is 0 Å². The number of nitrogens with two attached hydrogens (primary N) is 1. The van der Waals surface area contributed by atoms with Gasteiger partial charge in [-0.2, -0.15) is 0 Å². The van der Waals surface area contributed by atoms with E-state index in [0.29, 0.717) is 0 Å². The summed E-state index contributed by atoms with van der Waals surface area (Å²) in [5.41, 5.74) is 10.9. The molecule has 62 valence electrons. The van der Waals surface area contributed by atoms with E-state index in [0.717, 1.165) is 25.2 Å². The zero-order valence-electron chi connectivity index (χ0n) is 7.35. The van der Waals surface area contributed by atoms with Crippen LogP contribution in [-0.4, -0.2) is 14.4 Å². The van der Waals surface area contributed by atoms with Crippen LogP contribution in [0.2, 0.25) is 0 Å². The van der Waals surface area contributed by atoms with Crippen molar-refractivity contribution in [3.05, 3.63) is 23.3 Å². The first-order valence-electron chi connectivity index (χ1n) is 4.36. The lowest BCUT2D eigenvalue weighted by molar-refractivity contribution is 0.646. The van der Waals surface area contributed by atoms with Crippen LogP contribution in [0.1, 0.15) is 11.1 Å². The summed E-state index contributed by atoms with van der Waals surface area (Å²) in [4.78, 5) is 0. The first-order valence-corrected chi connectivity index (χ1v) is 4.36. The summed E-state index contributed by atoms with van der Waals surface area (Å²) >= 11 is 0. The maximum Gasteiger partial charge on any atom is 0.142 e. The predicted octanol–water partition coefficient (Wildman–Crippen LogP) is -0.827. The van der Waals surface area contributed by atoms with Gasteiger partial charge in [0.05, 0.1) is 0 Å². The molecule has 0 atom stereocenters. The lowest BCUT2D eigenvalue weighted by Gasteiger charge is -2.20. The SMILES string of the molecule is Bc1c(N)ccc2c1CCNC2. The van der Waals surface area contributed by atoms with Crippen molar-refractivity contribution in [1.82, 2.24) is 5.32 Å². The molecule has 2 nitrogen and oxygen atoms in total. The molecule has 1 aromatic carbocycles. The van der Waals surface area contributed by atoms with E-state index in [1.54, 1.807) is 0 Å². The maximum absolute atomic E-state index is 5.82. The number of hydrogen-bond donors (Lipinski definition) is 2. The van der Waals surface area contributed by atoms with Crippen molar-refractivity contribution in [1.29, 1.82) is 0 Å². The number of benzene rings is 1. The van der Waals surface area contributed by atoms with Crippen molar-refractivity contribution >= 4 is 19.0 Å². The molecule has 0 aliphatic carbocycles. The number of nitrogens with one attached hydrogen (secondary N) is 1. The minimum absolute atomic E-state index is 0.927. The Morgan fingerprint density at radius 1 is 1.42 bits per heavy atom. The summed E-state index contributed by atoms with van der Waals surface area (Å²) in [6, 6.07) is 4.13. The van der Waals surface area contributed by atoms with Gasteiger partial charge in [-0.05, 0) is 30.2 Å². The molecule has 0 radical (unpaired) electrons. The maximum atomic E-state index is 5.82. The van der Waals surface area contributed by atoms with Crippen LogP contribution in [0.25, 0.3) is 0 Å². The van der Waals surface area contributed by atoms with Crippen molar-refractivity contribution in [2.24, 2.45) is 0 Å². The van der Waals surface area contributed by atoms with E-state index >= 15 is 0 Å². The Bertz CT molecular complexity index is 310. The van der Waals surface area contributed by atoms with E-state index in [9.17, 15) is 0 Å². The monoisotopic (exact) mass is 160 g/mol. The highest BCUT2D eigenvalue weighted by molar-refractivity contribution is 6.36. The average molecular weight is 160 g/mol. The molecule has 0 aromatic heterocycles. The lowest BCUT2D eigenvalue weighted by atomic mass is 9.83. The highest BCUT2D eigenvalue weighted by Gasteiger charge is 2.11. The number of rotatable bonds is 0. The largest absolute Gasteiger partial charge is 0.399 e. The summed E-state index contributed by atoms with van der Waals surface area (Å²) in [6.45, 7) is 2.08. The molecule has 0 saturated carbocycles. The van der Waals surface area contributed by atoms with E-state index in [1.165, 1.54) is 16.6 Å². The molecular formula is C9H13BN2. The molecule has 0 bridgehead atoms. The molecule has 0 saturated heterocycles. The van der Waals surface area contributed by atoms with E-state index in [4.69, 9.17) is 5.73 Å². The highest BCUT2D eigenvalue weighted by atomic mass is 14.9. The van der Waals surface area contributed by atoms with Crippen LogP contribution in [0.4, 0.5) is 5.69 Å². The standard InChI is InChI=1S/C9H13BN2/c10-9-7-3-4-12-5-6(7)1-2-8(9)11/h1-2,12H,3-5,10-11H2. The Morgan fingerprint density at radius 3 is 3.08 bits per heavy atom. The smallest absolute Gasteiger partial charge is 0.142 e. The van der Waals surface area contributed by atoms with Crippen LogP contribution in [0.15, 0.2) is 12.1 Å². The van der Waals surface area contributed by atoms with Crippen molar-refractivity contribution in [2.45, 2.75) is 13.0 Å². The Morgan fingerprint density at radius 2 is 2.25 bits per heavy atom. The predicted molar refractivity (Wildman–Crippen MR) is 54.4 cm³/mol. The molecule has 3 heteroatoms. The first-order chi connectivity index (χ1) is 5.79. The van der Waals surface area contributed by atoms with Gasteiger partial charge in [-0.3, -0.25) is 0 Å². The number of hydrogen-bond acceptors (Lipinski definition) is 2. The summed E-state index contributed by atoms with van der Waals surface area (Å²) in [6.07, 6.45) is 1.12. The summed E-state index contributed by atoms with van der Waals surface area (Å²) in [5, 5.41) is 3.35. The molecule has 1 aliphatic heterocycles. The minimum Gasteiger partial charge on any atom is -0.399 e. The Hall–Kier alpha value is -0.955. The molecule has 1 aliphatic rings. The number of nitrogen functional groups attached to an aromatic ring is 1. The first kappa shape index (κ1) is 7.68. The van der Waals surface area contributed by atoms with Crippen molar-refractivity contribution in [2.75, 3.05) is 12.3 Å². The van der Waals surface area contributed by atoms with Gasteiger partial charge in [0.25, 0.3) is 0 Å². The topological polar surface area (TPSA) is 38.0 Å². The van der Waals surface area contributed by atoms with Crippen molar-refractivity contribution in [3.8, 4) is 0 Å². The van der Waals surface area contributed by atoms with Crippen LogP contribution < -0.4 is 16.5 Å². The van der Waals surface area contributed by atoms with E-state index in [-0.39, 0.29) is 0 Å². The van der Waals surface area contributed by atoms with Crippen LogP contribution in [-0.2, 0) is 13.0 Å². The van der Waals surface area contributed by atoms with E-state index < -0.39 is 0 Å². The van der Waals surface area contributed by atoms with E-state index in [1.807, 2.05) is 6.07 Å². The molecule has 0 fully saturated rings. The normalized spacial score (nSPS) is 15.7. The third-order valence-corrected chi connectivity index (χ3v) is 2.60. The fourth-order valence-electron chi connectivity index (χ4n) is 1.78. The van der Waals surface area contributed by atoms with Gasteiger partial charge in [0, 0.05) is 12.2 Å². The summed E-state index contributed by atoms with van der Waals surface area (Å²) in [5.74, 6) is 0. The fraction of sp³-hybridized carbons (Fsp3) is 0.333. The summed E-state index contributed by atoms with van der Waals surface area (Å²) in [7, 11) is 2.11. The van der Waals surface area contributed by atoms with E-state index in [2.05, 4.69) is 19.2 Å². The lowest BCUT2D eigenvalue weighted by Crippen LogP contribution is -2.29. The highest BCUT2D eigenvalue weighted by Crippen LogP contribution is 2.13. The van der Waals surface area contributed by atoms with Crippen LogP contribution in [0.5, 0.6) is 0 Å². The third kappa shape index (κ3) is 1.10. The quantitative estimate of drug-likeness (QED) is 0.384. The zero-order chi connectivity index (χ0) is 8.55. The number of anilines is 1. The van der Waals surface area contributed by atoms with Crippen molar-refractivity contribution in [3.63, 3.8) is 0 Å². The molecule has 1 aromatic rings. The molecule has 1 heterocycles. The summed E-state index contributed by atoms with van der Waals surface area (Å²) < 4.78 is 0. The fourth-order valence-corrected chi connectivity index (χ4v) is 1.78. The van der Waals surface area contributed by atoms with Gasteiger partial charge in [-0.15, -0.1) is 0 Å². The van der Waals surface area contributed by atoms with Gasteiger partial charge in [0.2, 0.25) is 0 Å². The Kier molecular flexibility index (Phi) is 1.81. The zero-order valence-corrected chi connectivity index (χ0v) is 7.35. The Balaban J connectivity index is 2.54. The molecule has 0 amide bonds. The second-order valence-corrected chi connectivity index (χ2v) is 3.34. The minimum atomic E-state index is 0.927. The van der Waals surface area contributed by atoms with Crippen LogP contribution >= 0.6 is 0 Å². The van der Waals surface area contributed by atoms with Crippen LogP contribution in [0.3, 0.4) is 0 Å². The molecule has 3 N–H and O–H groups in total.